The quantitative estimate of drug-likeness (QED) is 0.904. The average Bonchev–Trinajstić information content (AvgIpc) is 2.54. The van der Waals surface area contributed by atoms with Crippen molar-refractivity contribution in [1.82, 2.24) is 10.2 Å². The van der Waals surface area contributed by atoms with E-state index in [0.717, 1.165) is 31.9 Å². The van der Waals surface area contributed by atoms with Gasteiger partial charge in [-0.05, 0) is 31.9 Å². The molecular weight excluding hydrogens is 312 g/mol. The van der Waals surface area contributed by atoms with Gasteiger partial charge < -0.3 is 10.1 Å². The smallest absolute Gasteiger partial charge is 0.178 e. The van der Waals surface area contributed by atoms with Gasteiger partial charge in [-0.15, -0.1) is 0 Å². The summed E-state index contributed by atoms with van der Waals surface area (Å²) in [6.45, 7) is 7.80. The molecule has 23 heavy (non-hydrogen) atoms. The van der Waals surface area contributed by atoms with Crippen molar-refractivity contribution in [2.45, 2.75) is 43.3 Å². The zero-order valence-electron chi connectivity index (χ0n) is 13.9. The minimum absolute atomic E-state index is 0.119. The van der Waals surface area contributed by atoms with Crippen LogP contribution in [0.25, 0.3) is 0 Å². The van der Waals surface area contributed by atoms with Crippen molar-refractivity contribution in [3.05, 3.63) is 29.8 Å². The maximum absolute atomic E-state index is 12.2. The summed E-state index contributed by atoms with van der Waals surface area (Å²) >= 11 is 0. The van der Waals surface area contributed by atoms with Gasteiger partial charge in [-0.2, -0.15) is 0 Å². The van der Waals surface area contributed by atoms with Crippen molar-refractivity contribution in [1.29, 1.82) is 0 Å². The van der Waals surface area contributed by atoms with Crippen molar-refractivity contribution in [2.75, 3.05) is 32.1 Å². The predicted octanol–water partition coefficient (Wildman–Crippen LogP) is 1.60. The number of benzene rings is 1. The Bertz CT molecular complexity index is 647. The maximum atomic E-state index is 12.2. The molecule has 1 saturated heterocycles. The van der Waals surface area contributed by atoms with Crippen LogP contribution in [0.5, 0.6) is 0 Å². The lowest BCUT2D eigenvalue weighted by Crippen LogP contribution is -2.51. The molecule has 2 heterocycles. The summed E-state index contributed by atoms with van der Waals surface area (Å²) in [5.41, 5.74) is 0.918. The van der Waals surface area contributed by atoms with Crippen molar-refractivity contribution < 1.29 is 13.2 Å². The Morgan fingerprint density at radius 2 is 2.17 bits per heavy atom. The number of ether oxygens (including phenoxy) is 1. The van der Waals surface area contributed by atoms with Crippen LogP contribution in [0.2, 0.25) is 0 Å². The molecule has 1 aromatic carbocycles. The van der Waals surface area contributed by atoms with Crippen LogP contribution in [0.3, 0.4) is 0 Å². The second-order valence-electron chi connectivity index (χ2n) is 6.62. The number of hydrogen-bond acceptors (Lipinski definition) is 5. The fraction of sp³-hybridized carbons (Fsp3) is 0.647. The zero-order valence-corrected chi connectivity index (χ0v) is 14.7. The van der Waals surface area contributed by atoms with Crippen LogP contribution in [-0.4, -0.2) is 57.5 Å². The monoisotopic (exact) mass is 338 g/mol. The number of rotatable bonds is 4. The molecule has 0 aliphatic carbocycles. The molecule has 0 aromatic heterocycles. The summed E-state index contributed by atoms with van der Waals surface area (Å²) in [6, 6.07) is 8.34. The average molecular weight is 338 g/mol. The van der Waals surface area contributed by atoms with E-state index in [9.17, 15) is 8.42 Å². The third kappa shape index (κ3) is 3.60. The first-order valence-corrected chi connectivity index (χ1v) is 10.0. The van der Waals surface area contributed by atoms with Crippen molar-refractivity contribution in [3.8, 4) is 0 Å². The molecule has 0 radical (unpaired) electrons. The molecular formula is C17H26N2O3S. The normalized spacial score (nSPS) is 29.0. The van der Waals surface area contributed by atoms with E-state index in [-0.39, 0.29) is 11.8 Å². The van der Waals surface area contributed by atoms with Gasteiger partial charge in [0.2, 0.25) is 0 Å². The van der Waals surface area contributed by atoms with Crippen LogP contribution >= 0.6 is 0 Å². The highest BCUT2D eigenvalue weighted by molar-refractivity contribution is 7.91. The molecule has 0 spiro atoms. The summed E-state index contributed by atoms with van der Waals surface area (Å²) in [7, 11) is -3.11. The molecule has 1 aromatic rings. The number of fused-ring (bicyclic) bond motifs is 1. The molecule has 3 rings (SSSR count). The van der Waals surface area contributed by atoms with Crippen LogP contribution in [0.1, 0.15) is 31.9 Å². The molecule has 6 heteroatoms. The van der Waals surface area contributed by atoms with Gasteiger partial charge in [-0.3, -0.25) is 4.90 Å². The predicted molar refractivity (Wildman–Crippen MR) is 90.3 cm³/mol. The molecule has 0 bridgehead atoms. The summed E-state index contributed by atoms with van der Waals surface area (Å²) in [4.78, 5) is 2.96. The minimum atomic E-state index is -3.11. The topological polar surface area (TPSA) is 58.6 Å². The highest BCUT2D eigenvalue weighted by Gasteiger charge is 2.30. The summed E-state index contributed by atoms with van der Waals surface area (Å²) in [5, 5.41) is 3.59. The molecule has 128 valence electrons. The van der Waals surface area contributed by atoms with E-state index >= 15 is 0 Å². The molecule has 5 nitrogen and oxygen atoms in total. The van der Waals surface area contributed by atoms with E-state index in [2.05, 4.69) is 24.1 Å². The molecule has 0 unspecified atom stereocenters. The molecule has 1 N–H and O–H groups in total. The van der Waals surface area contributed by atoms with Gasteiger partial charge in [0, 0.05) is 31.2 Å². The second-order valence-corrected chi connectivity index (χ2v) is 8.69. The molecule has 1 fully saturated rings. The lowest BCUT2D eigenvalue weighted by Gasteiger charge is -2.38. The van der Waals surface area contributed by atoms with Crippen molar-refractivity contribution in [2.24, 2.45) is 0 Å². The van der Waals surface area contributed by atoms with E-state index in [4.69, 9.17) is 4.74 Å². The summed E-state index contributed by atoms with van der Waals surface area (Å²) in [5.74, 6) is 0.226. The van der Waals surface area contributed by atoms with E-state index in [1.807, 2.05) is 12.1 Å². The molecule has 2 aliphatic rings. The van der Waals surface area contributed by atoms with Crippen molar-refractivity contribution in [3.63, 3.8) is 0 Å². The third-order valence-corrected chi connectivity index (χ3v) is 6.76. The largest absolute Gasteiger partial charge is 0.379 e. The highest BCUT2D eigenvalue weighted by Crippen LogP contribution is 2.31. The van der Waals surface area contributed by atoms with Gasteiger partial charge in [-0.25, -0.2) is 8.42 Å². The number of morpholine rings is 1. The Kier molecular flexibility index (Phi) is 5.06. The van der Waals surface area contributed by atoms with E-state index in [1.165, 1.54) is 0 Å². The van der Waals surface area contributed by atoms with Crippen LogP contribution in [0.15, 0.2) is 29.2 Å². The molecule has 0 amide bonds. The van der Waals surface area contributed by atoms with Gasteiger partial charge in [0.15, 0.2) is 9.84 Å². The first-order valence-electron chi connectivity index (χ1n) is 8.37. The minimum Gasteiger partial charge on any atom is -0.379 e. The molecule has 0 saturated carbocycles. The van der Waals surface area contributed by atoms with E-state index < -0.39 is 9.84 Å². The highest BCUT2D eigenvalue weighted by atomic mass is 32.2. The number of nitrogens with one attached hydrogen (secondary N) is 1. The van der Waals surface area contributed by atoms with Gasteiger partial charge >= 0.3 is 0 Å². The summed E-state index contributed by atoms with van der Waals surface area (Å²) in [6.07, 6.45) is 0.644. The summed E-state index contributed by atoms with van der Waals surface area (Å²) < 4.78 is 29.9. The number of sulfone groups is 1. The van der Waals surface area contributed by atoms with Gasteiger partial charge in [-0.1, -0.05) is 18.2 Å². The lowest BCUT2D eigenvalue weighted by atomic mass is 10.0. The van der Waals surface area contributed by atoms with E-state index in [0.29, 0.717) is 23.4 Å². The fourth-order valence-corrected chi connectivity index (χ4v) is 5.25. The van der Waals surface area contributed by atoms with Crippen LogP contribution in [-0.2, 0) is 14.6 Å². The van der Waals surface area contributed by atoms with Gasteiger partial charge in [0.1, 0.15) is 0 Å². The molecule has 2 aliphatic heterocycles. The Hall–Kier alpha value is -0.950. The van der Waals surface area contributed by atoms with Crippen molar-refractivity contribution >= 4 is 9.84 Å². The number of hydrogen-bond donors (Lipinski definition) is 1. The zero-order chi connectivity index (χ0) is 16.4. The van der Waals surface area contributed by atoms with Crippen LogP contribution in [0.4, 0.5) is 0 Å². The van der Waals surface area contributed by atoms with E-state index in [1.54, 1.807) is 12.1 Å². The number of nitrogens with zero attached hydrogens (tertiary/aromatic N) is 1. The fourth-order valence-electron chi connectivity index (χ4n) is 3.63. The second kappa shape index (κ2) is 6.89. The molecule has 3 atom stereocenters. The SMILES string of the molecule is C[C@H](CN[C@H]1CCS(=O)(=O)c2ccccc21)N1CCOC[C@@H]1C. The van der Waals surface area contributed by atoms with Crippen LogP contribution < -0.4 is 5.32 Å². The van der Waals surface area contributed by atoms with Crippen LogP contribution in [0, 0.1) is 0 Å². The van der Waals surface area contributed by atoms with Gasteiger partial charge in [0.05, 0.1) is 23.9 Å². The first kappa shape index (κ1) is 16.9. The standard InChI is InChI=1S/C17H26N2O3S/c1-13(19-8-9-22-12-14(19)2)11-18-16-7-10-23(20,21)17-6-4-3-5-15(16)17/h3-6,13-14,16,18H,7-12H2,1-2H3/t13-,14+,16+/m1/s1. The van der Waals surface area contributed by atoms with Gasteiger partial charge in [0.25, 0.3) is 0 Å². The Morgan fingerprint density at radius 1 is 1.39 bits per heavy atom. The Balaban J connectivity index is 1.67. The Labute approximate surface area is 138 Å². The Morgan fingerprint density at radius 3 is 2.96 bits per heavy atom. The lowest BCUT2D eigenvalue weighted by molar-refractivity contribution is -0.0185. The first-order chi connectivity index (χ1) is 11.0. The maximum Gasteiger partial charge on any atom is 0.178 e. The third-order valence-electron chi connectivity index (χ3n) is 4.95.